The van der Waals surface area contributed by atoms with Crippen LogP contribution in [0.15, 0.2) is 59.0 Å². The number of nitrogens with zero attached hydrogens (tertiary/aromatic N) is 2. The summed E-state index contributed by atoms with van der Waals surface area (Å²) in [5.74, 6) is 0.434. The highest BCUT2D eigenvalue weighted by molar-refractivity contribution is 6.32. The number of hydrogen-bond acceptors (Lipinski definition) is 6. The fourth-order valence-corrected chi connectivity index (χ4v) is 2.08. The quantitative estimate of drug-likeness (QED) is 0.637. The normalized spacial score (nSPS) is 10.4. The van der Waals surface area contributed by atoms with Gasteiger partial charge in [-0.05, 0) is 24.3 Å². The van der Waals surface area contributed by atoms with Crippen molar-refractivity contribution >= 4 is 17.6 Å². The second kappa shape index (κ2) is 7.61. The summed E-state index contributed by atoms with van der Waals surface area (Å²) >= 11 is 5.93. The van der Waals surface area contributed by atoms with E-state index in [9.17, 15) is 4.79 Å². The van der Waals surface area contributed by atoms with Gasteiger partial charge in [0.1, 0.15) is 5.75 Å². The molecular formula is C17H13ClN2O4. The summed E-state index contributed by atoms with van der Waals surface area (Å²) in [6.45, 7) is -0.381. The monoisotopic (exact) mass is 344 g/mol. The van der Waals surface area contributed by atoms with Gasteiger partial charge in [0.05, 0.1) is 5.02 Å². The minimum absolute atomic E-state index is 0.120. The molecule has 1 heterocycles. The topological polar surface area (TPSA) is 74.5 Å². The molecule has 0 saturated heterocycles. The molecule has 0 aliphatic carbocycles. The van der Waals surface area contributed by atoms with Gasteiger partial charge in [-0.25, -0.2) is 4.79 Å². The first-order valence-corrected chi connectivity index (χ1v) is 7.51. The molecule has 2 aromatic carbocycles. The molecule has 6 nitrogen and oxygen atoms in total. The van der Waals surface area contributed by atoms with Crippen LogP contribution in [-0.2, 0) is 16.1 Å². The summed E-state index contributed by atoms with van der Waals surface area (Å²) in [6.07, 6.45) is 0. The van der Waals surface area contributed by atoms with E-state index >= 15 is 0 Å². The van der Waals surface area contributed by atoms with E-state index in [4.69, 9.17) is 25.5 Å². The first-order chi connectivity index (χ1) is 11.7. The second-order valence-electron chi connectivity index (χ2n) is 4.75. The Hall–Kier alpha value is -2.86. The van der Waals surface area contributed by atoms with Crippen molar-refractivity contribution in [3.63, 3.8) is 0 Å². The molecule has 0 aliphatic heterocycles. The predicted octanol–water partition coefficient (Wildman–Crippen LogP) is 3.51. The van der Waals surface area contributed by atoms with E-state index in [0.29, 0.717) is 16.7 Å². The second-order valence-corrected chi connectivity index (χ2v) is 5.15. The lowest BCUT2D eigenvalue weighted by Gasteiger charge is -2.06. The number of carbonyl (C=O) groups excluding carboxylic acids is 1. The zero-order chi connectivity index (χ0) is 16.8. The largest absolute Gasteiger partial charge is 0.480 e. The van der Waals surface area contributed by atoms with E-state index in [1.54, 1.807) is 24.3 Å². The van der Waals surface area contributed by atoms with Crippen LogP contribution in [0.25, 0.3) is 11.5 Å². The van der Waals surface area contributed by atoms with Crippen LogP contribution in [0, 0.1) is 0 Å². The minimum atomic E-state index is -0.561. The van der Waals surface area contributed by atoms with E-state index in [2.05, 4.69) is 10.2 Å². The molecule has 0 saturated carbocycles. The van der Waals surface area contributed by atoms with Gasteiger partial charge in [-0.15, -0.1) is 10.2 Å². The Balaban J connectivity index is 1.50. The van der Waals surface area contributed by atoms with Crippen LogP contribution in [0.2, 0.25) is 5.02 Å². The van der Waals surface area contributed by atoms with Gasteiger partial charge in [0.25, 0.3) is 5.89 Å². The van der Waals surface area contributed by atoms with Crippen LogP contribution in [-0.4, -0.2) is 22.8 Å². The van der Waals surface area contributed by atoms with Gasteiger partial charge in [0, 0.05) is 5.56 Å². The summed E-state index contributed by atoms with van der Waals surface area (Å²) in [4.78, 5) is 11.7. The number of para-hydroxylation sites is 1. The van der Waals surface area contributed by atoms with Crippen molar-refractivity contribution in [2.75, 3.05) is 6.61 Å². The minimum Gasteiger partial charge on any atom is -0.480 e. The van der Waals surface area contributed by atoms with Crippen molar-refractivity contribution in [1.29, 1.82) is 0 Å². The van der Waals surface area contributed by atoms with Crippen molar-refractivity contribution < 1.29 is 18.7 Å². The van der Waals surface area contributed by atoms with Gasteiger partial charge in [0.2, 0.25) is 5.89 Å². The van der Waals surface area contributed by atoms with Crippen molar-refractivity contribution in [2.45, 2.75) is 6.61 Å². The standard InChI is InChI=1S/C17H13ClN2O4/c18-13-8-4-5-9-14(13)22-11-16(21)23-10-15-19-20-17(24-15)12-6-2-1-3-7-12/h1-9H,10-11H2. The summed E-state index contributed by atoms with van der Waals surface area (Å²) in [7, 11) is 0. The van der Waals surface area contributed by atoms with Crippen LogP contribution in [0.4, 0.5) is 0 Å². The number of carbonyl (C=O) groups is 1. The molecule has 0 amide bonds. The van der Waals surface area contributed by atoms with E-state index in [0.717, 1.165) is 5.56 Å². The summed E-state index contributed by atoms with van der Waals surface area (Å²) in [5.41, 5.74) is 0.796. The number of ether oxygens (including phenoxy) is 2. The third-order valence-corrected chi connectivity index (χ3v) is 3.34. The summed E-state index contributed by atoms with van der Waals surface area (Å²) in [5, 5.41) is 8.18. The fourth-order valence-electron chi connectivity index (χ4n) is 1.89. The van der Waals surface area contributed by atoms with Crippen molar-refractivity contribution in [3.05, 3.63) is 65.5 Å². The van der Waals surface area contributed by atoms with Crippen molar-refractivity contribution in [2.24, 2.45) is 0 Å². The van der Waals surface area contributed by atoms with E-state index < -0.39 is 5.97 Å². The Morgan fingerprint density at radius 1 is 1.04 bits per heavy atom. The summed E-state index contributed by atoms with van der Waals surface area (Å²) in [6, 6.07) is 16.2. The molecular weight excluding hydrogens is 332 g/mol. The Bertz CT molecular complexity index is 820. The lowest BCUT2D eigenvalue weighted by Crippen LogP contribution is -2.15. The molecule has 7 heteroatoms. The number of esters is 1. The van der Waals surface area contributed by atoms with Crippen LogP contribution in [0.3, 0.4) is 0 Å². The number of benzene rings is 2. The zero-order valence-electron chi connectivity index (χ0n) is 12.5. The first kappa shape index (κ1) is 16.0. The van der Waals surface area contributed by atoms with Gasteiger partial charge in [-0.2, -0.15) is 0 Å². The molecule has 0 N–H and O–H groups in total. The lowest BCUT2D eigenvalue weighted by molar-refractivity contribution is -0.148. The molecule has 0 spiro atoms. The van der Waals surface area contributed by atoms with E-state index in [1.807, 2.05) is 30.3 Å². The van der Waals surface area contributed by atoms with Gasteiger partial charge >= 0.3 is 5.97 Å². The Morgan fingerprint density at radius 2 is 1.79 bits per heavy atom. The maximum absolute atomic E-state index is 11.7. The molecule has 1 aromatic heterocycles. The highest BCUT2D eigenvalue weighted by atomic mass is 35.5. The van der Waals surface area contributed by atoms with E-state index in [1.165, 1.54) is 0 Å². The Kier molecular flexibility index (Phi) is 5.08. The van der Waals surface area contributed by atoms with Gasteiger partial charge in [0.15, 0.2) is 13.2 Å². The molecule has 3 aromatic rings. The van der Waals surface area contributed by atoms with Crippen LogP contribution < -0.4 is 4.74 Å². The highest BCUT2D eigenvalue weighted by Crippen LogP contribution is 2.23. The molecule has 24 heavy (non-hydrogen) atoms. The van der Waals surface area contributed by atoms with Crippen molar-refractivity contribution in [1.82, 2.24) is 10.2 Å². The zero-order valence-corrected chi connectivity index (χ0v) is 13.3. The van der Waals surface area contributed by atoms with Gasteiger partial charge in [-0.1, -0.05) is 41.9 Å². The Labute approximate surface area is 143 Å². The fraction of sp³-hybridized carbons (Fsp3) is 0.118. The average Bonchev–Trinajstić information content (AvgIpc) is 3.09. The molecule has 0 atom stereocenters. The Morgan fingerprint density at radius 3 is 2.58 bits per heavy atom. The van der Waals surface area contributed by atoms with E-state index in [-0.39, 0.29) is 19.1 Å². The number of aromatic nitrogens is 2. The van der Waals surface area contributed by atoms with Gasteiger partial charge in [-0.3, -0.25) is 0 Å². The summed E-state index contributed by atoms with van der Waals surface area (Å²) < 4.78 is 15.8. The molecule has 0 fully saturated rings. The number of rotatable bonds is 6. The lowest BCUT2D eigenvalue weighted by atomic mass is 10.2. The maximum Gasteiger partial charge on any atom is 0.344 e. The van der Waals surface area contributed by atoms with Crippen molar-refractivity contribution in [3.8, 4) is 17.2 Å². The molecule has 0 radical (unpaired) electrons. The third-order valence-electron chi connectivity index (χ3n) is 3.03. The molecule has 0 aliphatic rings. The number of hydrogen-bond donors (Lipinski definition) is 0. The predicted molar refractivity (Wildman–Crippen MR) is 86.5 cm³/mol. The number of halogens is 1. The van der Waals surface area contributed by atoms with Gasteiger partial charge < -0.3 is 13.9 Å². The smallest absolute Gasteiger partial charge is 0.344 e. The maximum atomic E-state index is 11.7. The van der Waals surface area contributed by atoms with Crippen LogP contribution in [0.1, 0.15) is 5.89 Å². The molecule has 122 valence electrons. The first-order valence-electron chi connectivity index (χ1n) is 7.13. The molecule has 3 rings (SSSR count). The van der Waals surface area contributed by atoms with Crippen LogP contribution >= 0.6 is 11.6 Å². The SMILES string of the molecule is O=C(COc1ccccc1Cl)OCc1nnc(-c2ccccc2)o1. The third kappa shape index (κ3) is 4.11. The average molecular weight is 345 g/mol. The highest BCUT2D eigenvalue weighted by Gasteiger charge is 2.11. The van der Waals surface area contributed by atoms with Crippen LogP contribution in [0.5, 0.6) is 5.75 Å². The molecule has 0 bridgehead atoms. The molecule has 0 unspecified atom stereocenters.